The number of para-hydroxylation sites is 2. The minimum absolute atomic E-state index is 0.927. The van der Waals surface area contributed by atoms with Crippen LogP contribution in [0.1, 0.15) is 18.4 Å². The minimum atomic E-state index is 0.927. The molecule has 4 heterocycles. The Morgan fingerprint density at radius 1 is 0.324 bits per heavy atom. The smallest absolute Gasteiger partial charge is 0.0626 e. The van der Waals surface area contributed by atoms with Gasteiger partial charge in [-0.2, -0.15) is 0 Å². The highest BCUT2D eigenvalue weighted by Gasteiger charge is 2.32. The first-order valence-electron chi connectivity index (χ1n) is 23.5. The van der Waals surface area contributed by atoms with E-state index in [2.05, 4.69) is 228 Å². The fraction of sp³-hybridized carbons (Fsp3) is 0.0312. The standard InChI is InChI=1S/C64H40N2S2/c1-2-16-48-47(15-1)61-51-19-5-9-21-55(51)65(43-31-25-39(26-32-43)41-29-35-59-53(37-41)45-13-7-11-23-57(45)67-59)63(61)49-17-3-4-18-50(49)64-62(48)52-20-6-10-22-56(52)66(64)44-33-27-40(28-34-44)42-30-36-60-54(38-42)46-14-8-12-24-58(46)68-60/h1-27,29-33,35-38H,28,34H2. The molecule has 0 saturated heterocycles. The van der Waals surface area contributed by atoms with Gasteiger partial charge in [0, 0.05) is 84.8 Å². The van der Waals surface area contributed by atoms with Crippen molar-refractivity contribution in [2.45, 2.75) is 12.8 Å². The third kappa shape index (κ3) is 5.56. The Morgan fingerprint density at radius 3 is 1.37 bits per heavy atom. The minimum Gasteiger partial charge on any atom is -0.312 e. The summed E-state index contributed by atoms with van der Waals surface area (Å²) >= 11 is 3.75. The lowest BCUT2D eigenvalue weighted by atomic mass is 9.84. The lowest BCUT2D eigenvalue weighted by molar-refractivity contribution is 0.979. The van der Waals surface area contributed by atoms with E-state index >= 15 is 0 Å². The van der Waals surface area contributed by atoms with Gasteiger partial charge in [-0.3, -0.25) is 0 Å². The molecule has 0 N–H and O–H groups in total. The van der Waals surface area contributed by atoms with Crippen LogP contribution in [0.25, 0.3) is 135 Å². The number of rotatable bonds is 4. The summed E-state index contributed by atoms with van der Waals surface area (Å²) in [6.45, 7) is 0. The van der Waals surface area contributed by atoms with Crippen molar-refractivity contribution in [3.05, 3.63) is 224 Å². The van der Waals surface area contributed by atoms with Crippen LogP contribution in [0.15, 0.2) is 218 Å². The first-order chi connectivity index (χ1) is 33.7. The van der Waals surface area contributed by atoms with E-state index in [-0.39, 0.29) is 0 Å². The third-order valence-electron chi connectivity index (χ3n) is 14.7. The molecular formula is C64H40N2S2. The molecule has 9 aromatic carbocycles. The Balaban J connectivity index is 0.934. The summed E-state index contributed by atoms with van der Waals surface area (Å²) in [6.07, 6.45) is 6.68. The molecule has 2 aliphatic rings. The Labute approximate surface area is 401 Å². The van der Waals surface area contributed by atoms with Crippen LogP contribution in [0.2, 0.25) is 0 Å². The van der Waals surface area contributed by atoms with Crippen LogP contribution in [0.5, 0.6) is 0 Å². The van der Waals surface area contributed by atoms with Crippen LogP contribution in [-0.4, -0.2) is 9.13 Å². The second-order valence-corrected chi connectivity index (χ2v) is 20.4. The van der Waals surface area contributed by atoms with Gasteiger partial charge in [-0.1, -0.05) is 152 Å². The van der Waals surface area contributed by atoms with Gasteiger partial charge in [-0.15, -0.1) is 22.7 Å². The molecule has 0 amide bonds. The molecule has 4 aromatic heterocycles. The molecule has 2 aliphatic carbocycles. The van der Waals surface area contributed by atoms with Crippen molar-refractivity contribution in [2.24, 2.45) is 0 Å². The van der Waals surface area contributed by atoms with E-state index in [1.54, 1.807) is 0 Å². The lowest BCUT2D eigenvalue weighted by Gasteiger charge is -2.24. The Kier molecular flexibility index (Phi) is 8.26. The number of hydrogen-bond donors (Lipinski definition) is 0. The summed E-state index contributed by atoms with van der Waals surface area (Å²) in [5.74, 6) is 0. The summed E-state index contributed by atoms with van der Waals surface area (Å²) in [5, 5.41) is 7.86. The van der Waals surface area contributed by atoms with Gasteiger partial charge in [0.1, 0.15) is 0 Å². The fourth-order valence-corrected chi connectivity index (χ4v) is 13.8. The molecule has 4 heteroatoms. The topological polar surface area (TPSA) is 9.86 Å². The average Bonchev–Trinajstić information content (AvgIpc) is 4.16. The summed E-state index contributed by atoms with van der Waals surface area (Å²) < 4.78 is 10.5. The molecule has 13 aromatic rings. The second kappa shape index (κ2) is 14.7. The number of benzene rings is 9. The molecule has 0 saturated carbocycles. The van der Waals surface area contributed by atoms with E-state index in [1.165, 1.54) is 135 Å². The van der Waals surface area contributed by atoms with Gasteiger partial charge in [0.25, 0.3) is 0 Å². The maximum absolute atomic E-state index is 2.60. The van der Waals surface area contributed by atoms with E-state index in [0.29, 0.717) is 0 Å². The highest BCUT2D eigenvalue weighted by molar-refractivity contribution is 7.26. The van der Waals surface area contributed by atoms with Crippen LogP contribution in [-0.2, 0) is 0 Å². The van der Waals surface area contributed by atoms with Gasteiger partial charge in [0.15, 0.2) is 0 Å². The van der Waals surface area contributed by atoms with Crippen LogP contribution >= 0.6 is 22.7 Å². The molecule has 0 radical (unpaired) electrons. The average molecular weight is 901 g/mol. The SMILES string of the molecule is C1=C(c2ccc3sc4ccccc4c3c2)CCC(n2c3c(c4ccccc42)-c2ccccc2-c2c(n(-c4ccc(-c5ccc6sc7ccccc7c6c5)cc4)c4ccccc24)-c2ccccc2-3)=C1. The molecule has 0 fully saturated rings. The van der Waals surface area contributed by atoms with Crippen molar-refractivity contribution >= 4 is 96.1 Å². The van der Waals surface area contributed by atoms with Crippen molar-refractivity contribution in [1.29, 1.82) is 0 Å². The number of fused-ring (bicyclic) bond motifs is 18. The molecular weight excluding hydrogens is 861 g/mol. The maximum atomic E-state index is 2.60. The van der Waals surface area contributed by atoms with Gasteiger partial charge in [-0.25, -0.2) is 0 Å². The Bertz CT molecular complexity index is 4320. The highest BCUT2D eigenvalue weighted by Crippen LogP contribution is 2.55. The molecule has 0 bridgehead atoms. The number of nitrogens with zero attached hydrogens (tertiary/aromatic N) is 2. The molecule has 318 valence electrons. The summed E-state index contributed by atoms with van der Waals surface area (Å²) in [6, 6.07) is 77.2. The van der Waals surface area contributed by atoms with E-state index in [0.717, 1.165) is 18.5 Å². The molecule has 0 atom stereocenters. The van der Waals surface area contributed by atoms with Gasteiger partial charge in [-0.05, 0) is 113 Å². The predicted molar refractivity (Wildman–Crippen MR) is 293 cm³/mol. The monoisotopic (exact) mass is 900 g/mol. The largest absolute Gasteiger partial charge is 0.312 e. The summed E-state index contributed by atoms with van der Waals surface area (Å²) in [4.78, 5) is 0. The Morgan fingerprint density at radius 2 is 0.779 bits per heavy atom. The van der Waals surface area contributed by atoms with Crippen LogP contribution in [0.4, 0.5) is 0 Å². The van der Waals surface area contributed by atoms with Gasteiger partial charge in [0.05, 0.1) is 22.4 Å². The number of thiophene rings is 2. The first kappa shape index (κ1) is 38.1. The van der Waals surface area contributed by atoms with Crippen molar-refractivity contribution < 1.29 is 0 Å². The number of allylic oxidation sites excluding steroid dienone is 4. The van der Waals surface area contributed by atoms with Gasteiger partial charge < -0.3 is 9.13 Å². The molecule has 2 nitrogen and oxygen atoms in total. The Hall–Kier alpha value is -8.02. The van der Waals surface area contributed by atoms with Crippen LogP contribution in [0, 0.1) is 0 Å². The van der Waals surface area contributed by atoms with Crippen molar-refractivity contribution in [2.75, 3.05) is 0 Å². The zero-order chi connectivity index (χ0) is 44.5. The maximum Gasteiger partial charge on any atom is 0.0626 e. The molecule has 15 rings (SSSR count). The fourth-order valence-electron chi connectivity index (χ4n) is 11.6. The summed E-state index contributed by atoms with van der Waals surface area (Å²) in [7, 11) is 0. The van der Waals surface area contributed by atoms with E-state index < -0.39 is 0 Å². The number of hydrogen-bond acceptors (Lipinski definition) is 2. The zero-order valence-corrected chi connectivity index (χ0v) is 38.5. The number of aromatic nitrogens is 2. The van der Waals surface area contributed by atoms with Gasteiger partial charge in [0.2, 0.25) is 0 Å². The zero-order valence-electron chi connectivity index (χ0n) is 36.9. The second-order valence-electron chi connectivity index (χ2n) is 18.3. The lowest BCUT2D eigenvalue weighted by Crippen LogP contribution is -2.06. The van der Waals surface area contributed by atoms with E-state index in [9.17, 15) is 0 Å². The molecule has 68 heavy (non-hydrogen) atoms. The van der Waals surface area contributed by atoms with E-state index in [4.69, 9.17) is 0 Å². The first-order valence-corrected chi connectivity index (χ1v) is 25.2. The van der Waals surface area contributed by atoms with Crippen molar-refractivity contribution in [3.63, 3.8) is 0 Å². The normalized spacial score (nSPS) is 13.4. The van der Waals surface area contributed by atoms with Gasteiger partial charge >= 0.3 is 0 Å². The van der Waals surface area contributed by atoms with E-state index in [1.807, 2.05) is 22.7 Å². The van der Waals surface area contributed by atoms with Crippen LogP contribution in [0.3, 0.4) is 0 Å². The molecule has 0 aliphatic heterocycles. The third-order valence-corrected chi connectivity index (χ3v) is 17.0. The molecule has 0 spiro atoms. The van der Waals surface area contributed by atoms with Crippen molar-refractivity contribution in [1.82, 2.24) is 9.13 Å². The molecule has 0 unspecified atom stereocenters. The predicted octanol–water partition coefficient (Wildman–Crippen LogP) is 18.7. The highest BCUT2D eigenvalue weighted by atomic mass is 32.1. The summed E-state index contributed by atoms with van der Waals surface area (Å²) in [5.41, 5.74) is 20.0. The van der Waals surface area contributed by atoms with Crippen molar-refractivity contribution in [3.8, 4) is 61.6 Å². The quantitative estimate of drug-likeness (QED) is 0.167. The van der Waals surface area contributed by atoms with Crippen LogP contribution < -0.4 is 0 Å².